The minimum absolute atomic E-state index is 0.148. The number of carbonyl (C=O) groups excluding carboxylic acids is 2. The molecule has 0 saturated carbocycles. The second-order valence-electron chi connectivity index (χ2n) is 9.90. The number of hydrogen-bond donors (Lipinski definition) is 2. The van der Waals surface area contributed by atoms with Crippen LogP contribution >= 0.6 is 0 Å². The number of methoxy groups -OCH3 is 1. The number of carbonyl (C=O) groups is 2. The Morgan fingerprint density at radius 2 is 1.68 bits per heavy atom. The smallest absolute Gasteiger partial charge is 0.273 e. The van der Waals surface area contributed by atoms with E-state index < -0.39 is 0 Å². The minimum Gasteiger partial charge on any atom is -0.384 e. The van der Waals surface area contributed by atoms with Crippen molar-refractivity contribution in [3.8, 4) is 11.3 Å². The predicted octanol–water partition coefficient (Wildman–Crippen LogP) is 2.62. The predicted molar refractivity (Wildman–Crippen MR) is 150 cm³/mol. The van der Waals surface area contributed by atoms with Crippen LogP contribution in [0.5, 0.6) is 0 Å². The molecule has 0 spiro atoms. The van der Waals surface area contributed by atoms with E-state index in [1.54, 1.807) is 13.3 Å². The molecule has 2 amide bonds. The second kappa shape index (κ2) is 12.0. The van der Waals surface area contributed by atoms with Gasteiger partial charge in [-0.05, 0) is 54.6 Å². The van der Waals surface area contributed by atoms with Gasteiger partial charge in [0.2, 0.25) is 11.9 Å². The molecule has 10 nitrogen and oxygen atoms in total. The Hall–Kier alpha value is -4.02. The number of anilines is 3. The van der Waals surface area contributed by atoms with Crippen molar-refractivity contribution in [2.75, 3.05) is 70.8 Å². The van der Waals surface area contributed by atoms with E-state index in [4.69, 9.17) is 10.5 Å². The summed E-state index contributed by atoms with van der Waals surface area (Å²) in [7, 11) is 5.51. The van der Waals surface area contributed by atoms with Crippen LogP contribution in [0.4, 0.5) is 23.0 Å². The van der Waals surface area contributed by atoms with E-state index >= 15 is 0 Å². The fourth-order valence-electron chi connectivity index (χ4n) is 4.54. The number of nitrogens with zero attached hydrogens (tertiary/aromatic N) is 5. The highest BCUT2D eigenvalue weighted by Crippen LogP contribution is 2.26. The molecule has 1 saturated heterocycles. The maximum Gasteiger partial charge on any atom is 0.273 e. The number of likely N-dealkylation sites (N-methyl/N-ethyl adjacent to an activating group) is 1. The summed E-state index contributed by atoms with van der Waals surface area (Å²) in [6, 6.07) is 18.0. The highest BCUT2D eigenvalue weighted by atomic mass is 16.5. The maximum atomic E-state index is 12.2. The van der Waals surface area contributed by atoms with E-state index in [1.165, 1.54) is 0 Å². The molecular weight excluding hydrogens is 482 g/mol. The van der Waals surface area contributed by atoms with Gasteiger partial charge in [0.15, 0.2) is 6.54 Å². The molecular formula is C28H36N7O3+. The SMILES string of the molecule is COCCC(=O)N1CCN(c2ccc(Nc3nccc(-c4ccc([N+](C)(C)CC(N)=O)cc4)n3)cc2)CC1. The first-order valence-electron chi connectivity index (χ1n) is 12.7. The molecule has 3 N–H and O–H groups in total. The summed E-state index contributed by atoms with van der Waals surface area (Å²) < 4.78 is 5.40. The summed E-state index contributed by atoms with van der Waals surface area (Å²) in [5.74, 6) is 0.314. The lowest BCUT2D eigenvalue weighted by Gasteiger charge is -2.36. The van der Waals surface area contributed by atoms with Gasteiger partial charge >= 0.3 is 0 Å². The monoisotopic (exact) mass is 518 g/mol. The highest BCUT2D eigenvalue weighted by Gasteiger charge is 2.22. The van der Waals surface area contributed by atoms with Crippen LogP contribution in [0.25, 0.3) is 11.3 Å². The largest absolute Gasteiger partial charge is 0.384 e. The number of primary amides is 1. The van der Waals surface area contributed by atoms with Gasteiger partial charge in [-0.3, -0.25) is 14.1 Å². The number of hydrogen-bond acceptors (Lipinski definition) is 7. The van der Waals surface area contributed by atoms with Crippen molar-refractivity contribution in [2.45, 2.75) is 6.42 Å². The third-order valence-electron chi connectivity index (χ3n) is 6.71. The van der Waals surface area contributed by atoms with Crippen LogP contribution in [0.3, 0.4) is 0 Å². The number of aromatic nitrogens is 2. The summed E-state index contributed by atoms with van der Waals surface area (Å²) in [4.78, 5) is 36.8. The van der Waals surface area contributed by atoms with E-state index in [2.05, 4.69) is 32.3 Å². The van der Waals surface area contributed by atoms with E-state index in [0.717, 1.165) is 41.4 Å². The summed E-state index contributed by atoms with van der Waals surface area (Å²) in [6.45, 7) is 3.71. The number of piperazine rings is 1. The van der Waals surface area contributed by atoms with Crippen molar-refractivity contribution in [3.63, 3.8) is 0 Å². The Labute approximate surface area is 223 Å². The molecule has 1 aliphatic heterocycles. The lowest BCUT2D eigenvalue weighted by atomic mass is 10.1. The van der Waals surface area contributed by atoms with Gasteiger partial charge in [0, 0.05) is 56.4 Å². The topological polar surface area (TPSA) is 114 Å². The van der Waals surface area contributed by atoms with Crippen LogP contribution in [0, 0.1) is 0 Å². The van der Waals surface area contributed by atoms with Crippen molar-refractivity contribution >= 4 is 34.8 Å². The second-order valence-corrected chi connectivity index (χ2v) is 9.90. The Bertz CT molecular complexity index is 1240. The number of ether oxygens (including phenoxy) is 1. The molecule has 2 heterocycles. The quantitative estimate of drug-likeness (QED) is 0.397. The summed E-state index contributed by atoms with van der Waals surface area (Å²) in [5.41, 5.74) is 10.1. The number of rotatable bonds is 10. The number of nitrogens with two attached hydrogens (primary N) is 1. The van der Waals surface area contributed by atoms with Crippen molar-refractivity contribution < 1.29 is 14.3 Å². The van der Waals surface area contributed by atoms with E-state index in [9.17, 15) is 9.59 Å². The summed E-state index contributed by atoms with van der Waals surface area (Å²) in [6.07, 6.45) is 2.16. The zero-order chi connectivity index (χ0) is 27.1. The average molecular weight is 519 g/mol. The Kier molecular flexibility index (Phi) is 8.55. The molecule has 0 radical (unpaired) electrons. The van der Waals surface area contributed by atoms with Gasteiger partial charge in [0.25, 0.3) is 5.91 Å². The van der Waals surface area contributed by atoms with E-state index in [1.807, 2.05) is 61.5 Å². The van der Waals surface area contributed by atoms with Gasteiger partial charge in [-0.1, -0.05) is 0 Å². The molecule has 38 heavy (non-hydrogen) atoms. The third-order valence-corrected chi connectivity index (χ3v) is 6.71. The van der Waals surface area contributed by atoms with Crippen LogP contribution in [0.2, 0.25) is 0 Å². The molecule has 0 atom stereocenters. The number of amides is 2. The molecule has 2 aromatic carbocycles. The van der Waals surface area contributed by atoms with Gasteiger partial charge < -0.3 is 25.6 Å². The first-order chi connectivity index (χ1) is 18.2. The fraction of sp³-hybridized carbons (Fsp3) is 0.357. The lowest BCUT2D eigenvalue weighted by Crippen LogP contribution is -2.49. The molecule has 1 aliphatic rings. The Morgan fingerprint density at radius 3 is 2.32 bits per heavy atom. The molecule has 200 valence electrons. The minimum atomic E-state index is -0.341. The zero-order valence-corrected chi connectivity index (χ0v) is 22.3. The Balaban J connectivity index is 1.36. The van der Waals surface area contributed by atoms with Crippen LogP contribution in [0.1, 0.15) is 6.42 Å². The first-order valence-corrected chi connectivity index (χ1v) is 12.7. The van der Waals surface area contributed by atoms with Crippen LogP contribution in [0.15, 0.2) is 60.8 Å². The van der Waals surface area contributed by atoms with Crippen LogP contribution < -0.4 is 20.4 Å². The molecule has 4 rings (SSSR count). The number of nitrogens with one attached hydrogen (secondary N) is 1. The first kappa shape index (κ1) is 27.0. The highest BCUT2D eigenvalue weighted by molar-refractivity contribution is 5.78. The third kappa shape index (κ3) is 6.84. The van der Waals surface area contributed by atoms with E-state index in [-0.39, 0.29) is 18.4 Å². The van der Waals surface area contributed by atoms with Crippen molar-refractivity contribution in [3.05, 3.63) is 60.8 Å². The average Bonchev–Trinajstić information content (AvgIpc) is 2.92. The molecule has 0 bridgehead atoms. The summed E-state index contributed by atoms with van der Waals surface area (Å²) >= 11 is 0. The lowest BCUT2D eigenvalue weighted by molar-refractivity contribution is -0.132. The van der Waals surface area contributed by atoms with Crippen molar-refractivity contribution in [2.24, 2.45) is 5.73 Å². The fourth-order valence-corrected chi connectivity index (χ4v) is 4.54. The van der Waals surface area contributed by atoms with Crippen LogP contribution in [-0.2, 0) is 14.3 Å². The summed E-state index contributed by atoms with van der Waals surface area (Å²) in [5, 5.41) is 3.28. The maximum absolute atomic E-state index is 12.2. The van der Waals surface area contributed by atoms with Gasteiger partial charge in [-0.25, -0.2) is 9.97 Å². The molecule has 1 fully saturated rings. The molecule has 1 aromatic heterocycles. The molecule has 0 unspecified atom stereocenters. The van der Waals surface area contributed by atoms with Crippen molar-refractivity contribution in [1.82, 2.24) is 19.4 Å². The zero-order valence-electron chi connectivity index (χ0n) is 22.3. The van der Waals surface area contributed by atoms with Gasteiger partial charge in [0.05, 0.1) is 32.8 Å². The molecule has 3 aromatic rings. The standard InChI is InChI=1S/C28H35N7O3/c1-35(2,20-26(29)36)24-10-4-21(5-11-24)25-12-14-30-28(32-25)31-22-6-8-23(9-7-22)33-15-17-34(18-16-33)27(37)13-19-38-3/h4-12,14H,13,15-20H2,1-3H3,(H2-,29,30,31,32,36)/p+1. The van der Waals surface area contributed by atoms with E-state index in [0.29, 0.717) is 36.5 Å². The van der Waals surface area contributed by atoms with Gasteiger partial charge in [-0.15, -0.1) is 0 Å². The van der Waals surface area contributed by atoms with Gasteiger partial charge in [0.1, 0.15) is 5.69 Å². The molecule has 10 heteroatoms. The van der Waals surface area contributed by atoms with Crippen LogP contribution in [-0.4, -0.2) is 87.2 Å². The normalized spacial score (nSPS) is 13.9. The van der Waals surface area contributed by atoms with Crippen molar-refractivity contribution in [1.29, 1.82) is 0 Å². The number of benzene rings is 2. The molecule has 0 aliphatic carbocycles. The van der Waals surface area contributed by atoms with Gasteiger partial charge in [-0.2, -0.15) is 0 Å². The Morgan fingerprint density at radius 1 is 1.00 bits per heavy atom. The number of quaternary nitrogens is 1.